The molecule has 0 unspecified atom stereocenters. The summed E-state index contributed by atoms with van der Waals surface area (Å²) in [4.78, 5) is 1.28. The molecule has 0 fully saturated rings. The summed E-state index contributed by atoms with van der Waals surface area (Å²) in [6.07, 6.45) is 1.90. The Kier molecular flexibility index (Phi) is 4.65. The number of nitrogens with zero attached hydrogens (tertiary/aromatic N) is 3. The van der Waals surface area contributed by atoms with Crippen LogP contribution in [0.25, 0.3) is 74.9 Å². The summed E-state index contributed by atoms with van der Waals surface area (Å²) in [6.45, 7) is 0. The second-order valence-electron chi connectivity index (χ2n) is 10.1. The van der Waals surface area contributed by atoms with Crippen molar-refractivity contribution in [1.82, 2.24) is 14.2 Å². The molecule has 9 rings (SSSR count). The number of para-hydroxylation sites is 2. The number of hydrogen-bond acceptors (Lipinski definition) is 3. The Hall–Kier alpha value is -4.71. The second kappa shape index (κ2) is 8.39. The van der Waals surface area contributed by atoms with Gasteiger partial charge in [-0.15, -0.1) is 22.7 Å². The normalized spacial score (nSPS) is 12.0. The minimum absolute atomic E-state index is 1.17. The second-order valence-corrected chi connectivity index (χ2v) is 12.1. The largest absolute Gasteiger partial charge is 0.309 e. The SMILES string of the molecule is c1ccc(-n2c3ccccc3c3cc(-c4cccc(-c5cc6c7sccc7n7nccc7c6s5)c4)ccc32)cc1. The van der Waals surface area contributed by atoms with Gasteiger partial charge in [-0.2, -0.15) is 5.10 Å². The van der Waals surface area contributed by atoms with Gasteiger partial charge in [0.1, 0.15) is 0 Å². The van der Waals surface area contributed by atoms with E-state index < -0.39 is 0 Å². The molecular formula is C35H21N3S2. The predicted molar refractivity (Wildman–Crippen MR) is 171 cm³/mol. The molecule has 0 aliphatic rings. The lowest BCUT2D eigenvalue weighted by Crippen LogP contribution is -1.92. The van der Waals surface area contributed by atoms with Crippen molar-refractivity contribution < 1.29 is 0 Å². The van der Waals surface area contributed by atoms with E-state index in [1.807, 2.05) is 17.5 Å². The van der Waals surface area contributed by atoms with Crippen LogP contribution in [0.5, 0.6) is 0 Å². The molecule has 5 heterocycles. The van der Waals surface area contributed by atoms with Gasteiger partial charge in [-0.3, -0.25) is 0 Å². The molecule has 4 aromatic carbocycles. The molecule has 0 saturated carbocycles. The summed E-state index contributed by atoms with van der Waals surface area (Å²) in [5, 5.41) is 10.6. The Morgan fingerprint density at radius 3 is 2.27 bits per heavy atom. The molecule has 0 aliphatic carbocycles. The van der Waals surface area contributed by atoms with Crippen molar-refractivity contribution >= 4 is 70.3 Å². The molecule has 0 saturated heterocycles. The van der Waals surface area contributed by atoms with E-state index in [0.717, 1.165) is 0 Å². The summed E-state index contributed by atoms with van der Waals surface area (Å²) in [5.74, 6) is 0. The molecule has 0 radical (unpaired) electrons. The van der Waals surface area contributed by atoms with Gasteiger partial charge in [0.15, 0.2) is 0 Å². The molecule has 0 atom stereocenters. The fourth-order valence-electron chi connectivity index (χ4n) is 6.09. The summed E-state index contributed by atoms with van der Waals surface area (Å²) in [7, 11) is 0. The average molecular weight is 548 g/mol. The maximum absolute atomic E-state index is 4.60. The lowest BCUT2D eigenvalue weighted by molar-refractivity contribution is 1.01. The number of benzene rings is 4. The smallest absolute Gasteiger partial charge is 0.0848 e. The zero-order chi connectivity index (χ0) is 26.2. The predicted octanol–water partition coefficient (Wildman–Crippen LogP) is 10.2. The summed E-state index contributed by atoms with van der Waals surface area (Å²) in [5.41, 5.74) is 9.68. The van der Waals surface area contributed by atoms with Crippen LogP contribution in [0.3, 0.4) is 0 Å². The Morgan fingerprint density at radius 1 is 0.525 bits per heavy atom. The van der Waals surface area contributed by atoms with Gasteiger partial charge in [-0.1, -0.05) is 60.7 Å². The zero-order valence-corrected chi connectivity index (χ0v) is 22.9. The van der Waals surface area contributed by atoms with E-state index in [2.05, 4.69) is 135 Å². The van der Waals surface area contributed by atoms with E-state index in [0.29, 0.717) is 0 Å². The third-order valence-electron chi connectivity index (χ3n) is 7.89. The van der Waals surface area contributed by atoms with Gasteiger partial charge in [-0.05, 0) is 76.7 Å². The van der Waals surface area contributed by atoms with E-state index >= 15 is 0 Å². The Bertz CT molecular complexity index is 2320. The van der Waals surface area contributed by atoms with Crippen LogP contribution in [0, 0.1) is 0 Å². The minimum atomic E-state index is 1.17. The van der Waals surface area contributed by atoms with Gasteiger partial charge >= 0.3 is 0 Å². The van der Waals surface area contributed by atoms with Gasteiger partial charge in [-0.25, -0.2) is 4.52 Å². The molecule has 40 heavy (non-hydrogen) atoms. The highest BCUT2D eigenvalue weighted by Gasteiger charge is 2.16. The number of thiophene rings is 2. The van der Waals surface area contributed by atoms with Crippen LogP contribution in [0.1, 0.15) is 0 Å². The Labute approximate surface area is 237 Å². The highest BCUT2D eigenvalue weighted by atomic mass is 32.1. The van der Waals surface area contributed by atoms with Crippen molar-refractivity contribution in [3.8, 4) is 27.3 Å². The molecule has 0 bridgehead atoms. The molecule has 0 N–H and O–H groups in total. The van der Waals surface area contributed by atoms with Crippen LogP contribution in [-0.4, -0.2) is 14.2 Å². The standard InChI is InChI=1S/C35H21N3S2/c1-2-9-25(10-3-1)37-29-12-5-4-11-26(29)27-20-23(13-14-30(27)37)22-7-6-8-24(19-22)33-21-28-34-32(16-18-39-34)38-31(15-17-36-38)35(28)40-33/h1-21H. The van der Waals surface area contributed by atoms with Crippen molar-refractivity contribution in [2.75, 3.05) is 0 Å². The third kappa shape index (κ3) is 3.13. The van der Waals surface area contributed by atoms with Crippen molar-refractivity contribution in [2.24, 2.45) is 0 Å². The zero-order valence-electron chi connectivity index (χ0n) is 21.3. The first kappa shape index (κ1) is 22.1. The monoisotopic (exact) mass is 547 g/mol. The van der Waals surface area contributed by atoms with Gasteiger partial charge in [0.2, 0.25) is 0 Å². The Morgan fingerprint density at radius 2 is 1.32 bits per heavy atom. The van der Waals surface area contributed by atoms with Crippen LogP contribution in [0.4, 0.5) is 0 Å². The van der Waals surface area contributed by atoms with Crippen molar-refractivity contribution in [3.05, 3.63) is 127 Å². The van der Waals surface area contributed by atoms with E-state index in [1.54, 1.807) is 11.3 Å². The fourth-order valence-corrected chi connectivity index (χ4v) is 8.22. The molecular weight excluding hydrogens is 527 g/mol. The molecule has 5 aromatic heterocycles. The topological polar surface area (TPSA) is 22.2 Å². The first-order chi connectivity index (χ1) is 19.8. The number of fused-ring (bicyclic) bond motifs is 9. The van der Waals surface area contributed by atoms with E-state index in [1.165, 1.54) is 74.9 Å². The Balaban J connectivity index is 1.21. The van der Waals surface area contributed by atoms with Crippen LogP contribution in [0.2, 0.25) is 0 Å². The molecule has 3 nitrogen and oxygen atoms in total. The summed E-state index contributed by atoms with van der Waals surface area (Å²) < 4.78 is 7.03. The van der Waals surface area contributed by atoms with Gasteiger partial charge in [0.05, 0.1) is 37.7 Å². The molecule has 5 heteroatoms. The number of rotatable bonds is 3. The highest BCUT2D eigenvalue weighted by molar-refractivity contribution is 7.24. The van der Waals surface area contributed by atoms with Gasteiger partial charge in [0.25, 0.3) is 0 Å². The number of hydrogen-bond donors (Lipinski definition) is 0. The molecule has 0 amide bonds. The number of aromatic nitrogens is 3. The van der Waals surface area contributed by atoms with Crippen LogP contribution < -0.4 is 0 Å². The van der Waals surface area contributed by atoms with E-state index in [9.17, 15) is 0 Å². The van der Waals surface area contributed by atoms with Gasteiger partial charge < -0.3 is 4.57 Å². The van der Waals surface area contributed by atoms with Crippen LogP contribution in [0.15, 0.2) is 127 Å². The summed E-state index contributed by atoms with van der Waals surface area (Å²) >= 11 is 3.64. The van der Waals surface area contributed by atoms with Crippen LogP contribution >= 0.6 is 22.7 Å². The van der Waals surface area contributed by atoms with Crippen LogP contribution in [-0.2, 0) is 0 Å². The fraction of sp³-hybridized carbons (Fsp3) is 0. The lowest BCUT2D eigenvalue weighted by Gasteiger charge is -2.08. The van der Waals surface area contributed by atoms with Crippen molar-refractivity contribution in [1.29, 1.82) is 0 Å². The molecule has 9 aromatic rings. The molecule has 0 spiro atoms. The first-order valence-corrected chi connectivity index (χ1v) is 15.0. The van der Waals surface area contributed by atoms with E-state index in [-0.39, 0.29) is 0 Å². The highest BCUT2D eigenvalue weighted by Crippen LogP contribution is 2.42. The first-order valence-electron chi connectivity index (χ1n) is 13.3. The molecule has 0 aliphatic heterocycles. The number of pyridine rings is 1. The molecule has 188 valence electrons. The quantitative estimate of drug-likeness (QED) is 0.216. The minimum Gasteiger partial charge on any atom is -0.309 e. The maximum atomic E-state index is 4.60. The summed E-state index contributed by atoms with van der Waals surface area (Å²) in [6, 6.07) is 41.8. The van der Waals surface area contributed by atoms with E-state index in [4.69, 9.17) is 0 Å². The third-order valence-corrected chi connectivity index (χ3v) is 10.0. The van der Waals surface area contributed by atoms with Gasteiger partial charge in [0, 0.05) is 26.7 Å². The maximum Gasteiger partial charge on any atom is 0.0848 e. The lowest BCUT2D eigenvalue weighted by atomic mass is 10.00. The average Bonchev–Trinajstić information content (AvgIpc) is 3.80. The van der Waals surface area contributed by atoms with Crippen molar-refractivity contribution in [2.45, 2.75) is 0 Å². The van der Waals surface area contributed by atoms with Crippen molar-refractivity contribution in [3.63, 3.8) is 0 Å².